The molecule has 0 radical (unpaired) electrons. The molecule has 7 heteroatoms. The Hall–Kier alpha value is -3.74. The van der Waals surface area contributed by atoms with Crippen LogP contribution in [0.2, 0.25) is 0 Å². The van der Waals surface area contributed by atoms with E-state index in [0.29, 0.717) is 29.0 Å². The molecule has 0 unspecified atom stereocenters. The number of nitrogens with zero attached hydrogens (tertiary/aromatic N) is 3. The Labute approximate surface area is 153 Å². The Morgan fingerprint density at radius 3 is 2.78 bits per heavy atom. The number of aromatic amines is 2. The summed E-state index contributed by atoms with van der Waals surface area (Å²) in [5, 5.41) is 10.9. The zero-order chi connectivity index (χ0) is 18.2. The monoisotopic (exact) mass is 358 g/mol. The van der Waals surface area contributed by atoms with E-state index in [-0.39, 0.29) is 5.82 Å². The quantitative estimate of drug-likeness (QED) is 0.448. The Kier molecular flexibility index (Phi) is 3.57. The molecular formula is C20H15FN6. The zero-order valence-electron chi connectivity index (χ0n) is 14.2. The SMILES string of the molecule is Fc1cccc2[nH]nc(-c3nc4ccc(NCc5ccncc5)cc4[nH]3)c12. The van der Waals surface area contributed by atoms with Crippen molar-refractivity contribution in [3.63, 3.8) is 0 Å². The molecule has 0 aliphatic heterocycles. The van der Waals surface area contributed by atoms with E-state index in [9.17, 15) is 4.39 Å². The van der Waals surface area contributed by atoms with Crippen molar-refractivity contribution in [3.8, 4) is 11.5 Å². The highest BCUT2D eigenvalue weighted by Gasteiger charge is 2.15. The van der Waals surface area contributed by atoms with Crippen molar-refractivity contribution in [2.75, 3.05) is 5.32 Å². The fraction of sp³-hybridized carbons (Fsp3) is 0.0500. The number of hydrogen-bond acceptors (Lipinski definition) is 4. The van der Waals surface area contributed by atoms with Crippen LogP contribution in [-0.4, -0.2) is 25.1 Å². The average Bonchev–Trinajstić information content (AvgIpc) is 3.31. The maximum atomic E-state index is 14.2. The number of benzene rings is 2. The van der Waals surface area contributed by atoms with Gasteiger partial charge < -0.3 is 10.3 Å². The molecule has 3 N–H and O–H groups in total. The van der Waals surface area contributed by atoms with E-state index in [1.165, 1.54) is 6.07 Å². The van der Waals surface area contributed by atoms with Crippen molar-refractivity contribution in [2.45, 2.75) is 6.54 Å². The molecule has 5 aromatic rings. The first-order chi connectivity index (χ1) is 13.3. The van der Waals surface area contributed by atoms with Crippen molar-refractivity contribution in [3.05, 3.63) is 72.3 Å². The van der Waals surface area contributed by atoms with Gasteiger partial charge in [-0.05, 0) is 48.0 Å². The normalized spacial score (nSPS) is 11.3. The van der Waals surface area contributed by atoms with Gasteiger partial charge in [-0.15, -0.1) is 0 Å². The summed E-state index contributed by atoms with van der Waals surface area (Å²) in [6.45, 7) is 0.699. The third-order valence-corrected chi connectivity index (χ3v) is 4.49. The first kappa shape index (κ1) is 15.5. The molecule has 132 valence electrons. The number of nitrogens with one attached hydrogen (secondary N) is 3. The minimum Gasteiger partial charge on any atom is -0.381 e. The van der Waals surface area contributed by atoms with Gasteiger partial charge in [0.05, 0.1) is 21.9 Å². The van der Waals surface area contributed by atoms with Gasteiger partial charge in [0, 0.05) is 24.6 Å². The summed E-state index contributed by atoms with van der Waals surface area (Å²) >= 11 is 0. The predicted octanol–water partition coefficient (Wildman–Crippen LogP) is 4.25. The van der Waals surface area contributed by atoms with Gasteiger partial charge in [-0.2, -0.15) is 5.10 Å². The third-order valence-electron chi connectivity index (χ3n) is 4.49. The highest BCUT2D eigenvalue weighted by Crippen LogP contribution is 2.28. The van der Waals surface area contributed by atoms with Crippen LogP contribution in [0, 0.1) is 5.82 Å². The number of pyridine rings is 1. The molecule has 0 fully saturated rings. The molecule has 0 amide bonds. The van der Waals surface area contributed by atoms with Crippen molar-refractivity contribution >= 4 is 27.6 Å². The summed E-state index contributed by atoms with van der Waals surface area (Å²) in [5.74, 6) is 0.212. The smallest absolute Gasteiger partial charge is 0.159 e. The van der Waals surface area contributed by atoms with Crippen molar-refractivity contribution < 1.29 is 4.39 Å². The van der Waals surface area contributed by atoms with E-state index in [1.54, 1.807) is 24.5 Å². The van der Waals surface area contributed by atoms with Crippen molar-refractivity contribution in [2.24, 2.45) is 0 Å². The van der Waals surface area contributed by atoms with E-state index < -0.39 is 0 Å². The predicted molar refractivity (Wildman–Crippen MR) is 103 cm³/mol. The summed E-state index contributed by atoms with van der Waals surface area (Å²) in [6, 6.07) is 14.7. The molecule has 0 spiro atoms. The molecule has 0 aliphatic carbocycles. The number of anilines is 1. The molecule has 27 heavy (non-hydrogen) atoms. The topological polar surface area (TPSA) is 82.3 Å². The van der Waals surface area contributed by atoms with Gasteiger partial charge in [0.1, 0.15) is 11.5 Å². The Morgan fingerprint density at radius 1 is 1.00 bits per heavy atom. The van der Waals surface area contributed by atoms with Crippen molar-refractivity contribution in [1.29, 1.82) is 0 Å². The zero-order valence-corrected chi connectivity index (χ0v) is 14.2. The van der Waals surface area contributed by atoms with Crippen LogP contribution in [-0.2, 0) is 6.54 Å². The van der Waals surface area contributed by atoms with E-state index >= 15 is 0 Å². The first-order valence-electron chi connectivity index (χ1n) is 8.53. The highest BCUT2D eigenvalue weighted by molar-refractivity contribution is 5.93. The summed E-state index contributed by atoms with van der Waals surface area (Å²) < 4.78 is 14.2. The average molecular weight is 358 g/mol. The Morgan fingerprint density at radius 2 is 1.89 bits per heavy atom. The van der Waals surface area contributed by atoms with Gasteiger partial charge in [0.15, 0.2) is 5.82 Å². The number of aromatic nitrogens is 5. The van der Waals surface area contributed by atoms with E-state index in [1.807, 2.05) is 30.3 Å². The molecule has 0 aliphatic rings. The van der Waals surface area contributed by atoms with Crippen LogP contribution < -0.4 is 5.32 Å². The van der Waals surface area contributed by atoms with Crippen LogP contribution in [0.15, 0.2) is 60.9 Å². The standard InChI is InChI=1S/C20H15FN6/c21-14-2-1-3-16-18(14)19(27-26-16)20-24-15-5-4-13(10-17(15)25-20)23-11-12-6-8-22-9-7-12/h1-10,23H,11H2,(H,24,25)(H,26,27). The Balaban J connectivity index is 1.48. The summed E-state index contributed by atoms with van der Waals surface area (Å²) in [4.78, 5) is 11.8. The first-order valence-corrected chi connectivity index (χ1v) is 8.53. The minimum absolute atomic E-state index is 0.323. The molecule has 3 heterocycles. The largest absolute Gasteiger partial charge is 0.381 e. The second-order valence-electron chi connectivity index (χ2n) is 6.26. The lowest BCUT2D eigenvalue weighted by Crippen LogP contribution is -1.98. The lowest BCUT2D eigenvalue weighted by atomic mass is 10.2. The van der Waals surface area contributed by atoms with Crippen molar-refractivity contribution in [1.82, 2.24) is 25.1 Å². The van der Waals surface area contributed by atoms with Gasteiger partial charge in [-0.25, -0.2) is 9.37 Å². The number of imidazole rings is 1. The fourth-order valence-corrected chi connectivity index (χ4v) is 3.14. The van der Waals surface area contributed by atoms with Crippen LogP contribution in [0.3, 0.4) is 0 Å². The lowest BCUT2D eigenvalue weighted by Gasteiger charge is -2.05. The van der Waals surface area contributed by atoms with Gasteiger partial charge in [-0.1, -0.05) is 6.07 Å². The molecule has 2 aromatic carbocycles. The minimum atomic E-state index is -0.323. The maximum Gasteiger partial charge on any atom is 0.159 e. The fourth-order valence-electron chi connectivity index (χ4n) is 3.14. The van der Waals surface area contributed by atoms with Crippen LogP contribution >= 0.6 is 0 Å². The number of fused-ring (bicyclic) bond motifs is 2. The number of rotatable bonds is 4. The number of halogens is 1. The summed E-state index contributed by atoms with van der Waals surface area (Å²) in [7, 11) is 0. The summed E-state index contributed by atoms with van der Waals surface area (Å²) in [6.07, 6.45) is 3.55. The Bertz CT molecular complexity index is 1240. The molecule has 0 saturated carbocycles. The second-order valence-corrected chi connectivity index (χ2v) is 6.26. The van der Waals surface area contributed by atoms with E-state index in [0.717, 1.165) is 22.3 Å². The van der Waals surface area contributed by atoms with Crippen LogP contribution in [0.1, 0.15) is 5.56 Å². The number of hydrogen-bond donors (Lipinski definition) is 3. The van der Waals surface area contributed by atoms with E-state index in [4.69, 9.17) is 0 Å². The molecule has 0 atom stereocenters. The molecule has 3 aromatic heterocycles. The van der Waals surface area contributed by atoms with E-state index in [2.05, 4.69) is 30.5 Å². The summed E-state index contributed by atoms with van der Waals surface area (Å²) in [5.41, 5.74) is 4.89. The van der Waals surface area contributed by atoms with Gasteiger partial charge in [0.25, 0.3) is 0 Å². The second kappa shape index (κ2) is 6.21. The third kappa shape index (κ3) is 2.79. The molecule has 6 nitrogen and oxygen atoms in total. The van der Waals surface area contributed by atoms with Gasteiger partial charge in [-0.3, -0.25) is 10.1 Å². The number of H-pyrrole nitrogens is 2. The van der Waals surface area contributed by atoms with Gasteiger partial charge in [0.2, 0.25) is 0 Å². The van der Waals surface area contributed by atoms with Crippen LogP contribution in [0.25, 0.3) is 33.5 Å². The molecule has 5 rings (SSSR count). The maximum absolute atomic E-state index is 14.2. The molecule has 0 bridgehead atoms. The molecular weight excluding hydrogens is 343 g/mol. The van der Waals surface area contributed by atoms with Gasteiger partial charge >= 0.3 is 0 Å². The highest BCUT2D eigenvalue weighted by atomic mass is 19.1. The molecule has 0 saturated heterocycles. The lowest BCUT2D eigenvalue weighted by molar-refractivity contribution is 0.640. The van der Waals surface area contributed by atoms with Crippen LogP contribution in [0.4, 0.5) is 10.1 Å². The van der Waals surface area contributed by atoms with Crippen LogP contribution in [0.5, 0.6) is 0 Å².